The molecule has 0 amide bonds. The second-order valence-electron chi connectivity index (χ2n) is 8.44. The Morgan fingerprint density at radius 3 is 2.29 bits per heavy atom. The van der Waals surface area contributed by atoms with Crippen molar-refractivity contribution in [3.8, 4) is 0 Å². The Kier molecular flexibility index (Phi) is 6.03. The van der Waals surface area contributed by atoms with Crippen LogP contribution in [0.4, 0.5) is 0 Å². The van der Waals surface area contributed by atoms with Crippen molar-refractivity contribution in [2.75, 3.05) is 13.6 Å². The van der Waals surface area contributed by atoms with Crippen LogP contribution in [0.15, 0.2) is 0 Å². The summed E-state index contributed by atoms with van der Waals surface area (Å²) >= 11 is 0. The van der Waals surface area contributed by atoms with Gasteiger partial charge >= 0.3 is 0 Å². The van der Waals surface area contributed by atoms with Crippen LogP contribution in [0.3, 0.4) is 0 Å². The molecule has 3 fully saturated rings. The van der Waals surface area contributed by atoms with Gasteiger partial charge in [-0.1, -0.05) is 57.8 Å². The van der Waals surface area contributed by atoms with Gasteiger partial charge in [-0.25, -0.2) is 0 Å². The van der Waals surface area contributed by atoms with Crippen molar-refractivity contribution in [3.05, 3.63) is 0 Å². The molecule has 0 radical (unpaired) electrons. The molecule has 122 valence electrons. The summed E-state index contributed by atoms with van der Waals surface area (Å²) in [6.45, 7) is 1.28. The predicted molar refractivity (Wildman–Crippen MR) is 91.4 cm³/mol. The number of nitrogens with one attached hydrogen (secondary N) is 1. The van der Waals surface area contributed by atoms with Crippen molar-refractivity contribution in [2.24, 2.45) is 29.6 Å². The van der Waals surface area contributed by atoms with Crippen molar-refractivity contribution in [1.29, 1.82) is 0 Å². The predicted octanol–water partition coefficient (Wildman–Crippen LogP) is 5.40. The molecule has 0 aromatic carbocycles. The van der Waals surface area contributed by atoms with Crippen molar-refractivity contribution in [3.63, 3.8) is 0 Å². The van der Waals surface area contributed by atoms with Gasteiger partial charge in [-0.15, -0.1) is 0 Å². The third kappa shape index (κ3) is 4.24. The molecule has 0 spiro atoms. The van der Waals surface area contributed by atoms with E-state index in [2.05, 4.69) is 12.4 Å². The molecule has 3 rings (SSSR count). The zero-order valence-electron chi connectivity index (χ0n) is 14.3. The van der Waals surface area contributed by atoms with Gasteiger partial charge in [0.2, 0.25) is 0 Å². The maximum absolute atomic E-state index is 3.53. The molecule has 0 aromatic rings. The largest absolute Gasteiger partial charge is 0.319 e. The van der Waals surface area contributed by atoms with Crippen LogP contribution < -0.4 is 5.32 Å². The molecule has 0 aromatic heterocycles. The van der Waals surface area contributed by atoms with Crippen LogP contribution in [0.5, 0.6) is 0 Å². The SMILES string of the molecule is CNC[C@@H](CC1CCCCC1)C1CCC2CCCCC2C1. The smallest absolute Gasteiger partial charge is 0.00208 e. The Morgan fingerprint density at radius 1 is 0.810 bits per heavy atom. The molecule has 0 heterocycles. The number of hydrogen-bond donors (Lipinski definition) is 1. The van der Waals surface area contributed by atoms with E-state index in [-0.39, 0.29) is 0 Å². The lowest BCUT2D eigenvalue weighted by atomic mass is 9.63. The van der Waals surface area contributed by atoms with Crippen molar-refractivity contribution in [2.45, 2.75) is 83.5 Å². The monoisotopic (exact) mass is 291 g/mol. The van der Waals surface area contributed by atoms with Crippen LogP contribution in [-0.2, 0) is 0 Å². The summed E-state index contributed by atoms with van der Waals surface area (Å²) in [5.41, 5.74) is 0. The zero-order valence-corrected chi connectivity index (χ0v) is 14.3. The molecule has 1 heteroatoms. The molecule has 3 aliphatic carbocycles. The molecule has 0 saturated heterocycles. The van der Waals surface area contributed by atoms with Gasteiger partial charge in [0.15, 0.2) is 0 Å². The summed E-state index contributed by atoms with van der Waals surface area (Å²) in [5, 5.41) is 3.53. The summed E-state index contributed by atoms with van der Waals surface area (Å²) in [6, 6.07) is 0. The van der Waals surface area contributed by atoms with Gasteiger partial charge in [0.05, 0.1) is 0 Å². The fourth-order valence-electron chi connectivity index (χ4n) is 5.89. The highest BCUT2D eigenvalue weighted by Gasteiger charge is 2.35. The molecular formula is C20H37N. The lowest BCUT2D eigenvalue weighted by Gasteiger charge is -2.43. The van der Waals surface area contributed by atoms with Gasteiger partial charge in [-0.05, 0) is 68.9 Å². The Bertz CT molecular complexity index is 294. The fraction of sp³-hybridized carbons (Fsp3) is 1.00. The molecule has 1 nitrogen and oxygen atoms in total. The average Bonchev–Trinajstić information content (AvgIpc) is 2.55. The normalized spacial score (nSPS) is 36.1. The van der Waals surface area contributed by atoms with Crippen LogP contribution >= 0.6 is 0 Å². The van der Waals surface area contributed by atoms with Crippen molar-refractivity contribution in [1.82, 2.24) is 5.32 Å². The summed E-state index contributed by atoms with van der Waals surface area (Å²) in [7, 11) is 2.17. The zero-order chi connectivity index (χ0) is 14.5. The summed E-state index contributed by atoms with van der Waals surface area (Å²) in [4.78, 5) is 0. The van der Waals surface area contributed by atoms with E-state index >= 15 is 0 Å². The lowest BCUT2D eigenvalue weighted by Crippen LogP contribution is -2.35. The third-order valence-corrected chi connectivity index (χ3v) is 7.07. The average molecular weight is 292 g/mol. The Hall–Kier alpha value is -0.0400. The van der Waals surface area contributed by atoms with Gasteiger partial charge in [-0.3, -0.25) is 0 Å². The minimum absolute atomic E-state index is 0.973. The second-order valence-corrected chi connectivity index (χ2v) is 8.44. The summed E-state index contributed by atoms with van der Waals surface area (Å²) < 4.78 is 0. The number of hydrogen-bond acceptors (Lipinski definition) is 1. The van der Waals surface area contributed by atoms with Crippen LogP contribution in [0, 0.1) is 29.6 Å². The Balaban J connectivity index is 1.55. The standard InChI is InChI=1S/C20H37N/c1-21-15-20(13-16-7-3-2-4-8-16)19-12-11-17-9-5-6-10-18(17)14-19/h16-21H,2-15H2,1H3/t17?,18?,19?,20-/m1/s1. The maximum Gasteiger partial charge on any atom is -0.00208 e. The molecule has 3 aliphatic rings. The second kappa shape index (κ2) is 7.99. The topological polar surface area (TPSA) is 12.0 Å². The minimum Gasteiger partial charge on any atom is -0.319 e. The minimum atomic E-state index is 0.973. The lowest BCUT2D eigenvalue weighted by molar-refractivity contribution is 0.0871. The Morgan fingerprint density at radius 2 is 1.52 bits per heavy atom. The summed E-state index contributed by atoms with van der Waals surface area (Å²) in [6.07, 6.45) is 19.9. The van der Waals surface area contributed by atoms with Gasteiger partial charge in [-0.2, -0.15) is 0 Å². The van der Waals surface area contributed by atoms with Crippen molar-refractivity contribution < 1.29 is 0 Å². The van der Waals surface area contributed by atoms with Gasteiger partial charge < -0.3 is 5.32 Å². The number of rotatable bonds is 5. The molecule has 4 atom stereocenters. The highest BCUT2D eigenvalue weighted by molar-refractivity contribution is 4.87. The van der Waals surface area contributed by atoms with E-state index in [1.807, 2.05) is 0 Å². The maximum atomic E-state index is 3.53. The van der Waals surface area contributed by atoms with Gasteiger partial charge in [0, 0.05) is 0 Å². The third-order valence-electron chi connectivity index (χ3n) is 7.07. The Labute approximate surface area is 132 Å². The van der Waals surface area contributed by atoms with Crippen molar-refractivity contribution >= 4 is 0 Å². The van der Waals surface area contributed by atoms with E-state index in [1.165, 1.54) is 57.9 Å². The molecule has 3 saturated carbocycles. The van der Waals surface area contributed by atoms with E-state index in [4.69, 9.17) is 0 Å². The molecule has 1 N–H and O–H groups in total. The first-order valence-electron chi connectivity index (χ1n) is 10.0. The van der Waals surface area contributed by atoms with E-state index in [0.29, 0.717) is 0 Å². The fourth-order valence-corrected chi connectivity index (χ4v) is 5.89. The van der Waals surface area contributed by atoms with Crippen LogP contribution in [0.1, 0.15) is 83.5 Å². The van der Waals surface area contributed by atoms with E-state index < -0.39 is 0 Å². The van der Waals surface area contributed by atoms with E-state index in [0.717, 1.165) is 29.6 Å². The first-order valence-corrected chi connectivity index (χ1v) is 10.0. The molecule has 3 unspecified atom stereocenters. The molecule has 21 heavy (non-hydrogen) atoms. The first kappa shape index (κ1) is 15.8. The van der Waals surface area contributed by atoms with Crippen LogP contribution in [0.2, 0.25) is 0 Å². The molecule has 0 bridgehead atoms. The van der Waals surface area contributed by atoms with Gasteiger partial charge in [0.25, 0.3) is 0 Å². The van der Waals surface area contributed by atoms with E-state index in [9.17, 15) is 0 Å². The summed E-state index contributed by atoms with van der Waals surface area (Å²) in [5.74, 6) is 5.28. The van der Waals surface area contributed by atoms with Crippen LogP contribution in [0.25, 0.3) is 0 Å². The molecular weight excluding hydrogens is 254 g/mol. The first-order chi connectivity index (χ1) is 10.4. The van der Waals surface area contributed by atoms with E-state index in [1.54, 1.807) is 32.1 Å². The highest BCUT2D eigenvalue weighted by atomic mass is 14.8. The van der Waals surface area contributed by atoms with Crippen LogP contribution in [-0.4, -0.2) is 13.6 Å². The molecule has 0 aliphatic heterocycles. The quantitative estimate of drug-likeness (QED) is 0.715. The van der Waals surface area contributed by atoms with Gasteiger partial charge in [0.1, 0.15) is 0 Å². The number of fused-ring (bicyclic) bond motifs is 1. The highest BCUT2D eigenvalue weighted by Crippen LogP contribution is 2.46.